The number of ether oxygens (including phenoxy) is 4. The van der Waals surface area contributed by atoms with Crippen molar-refractivity contribution in [1.29, 1.82) is 0 Å². The molecule has 0 bridgehead atoms. The quantitative estimate of drug-likeness (QED) is 0.0222. The molecule has 17 nitrogen and oxygen atoms in total. The molecule has 6 atom stereocenters. The molecule has 0 aromatic rings. The van der Waals surface area contributed by atoms with Crippen molar-refractivity contribution < 1.29 is 80.2 Å². The summed E-state index contributed by atoms with van der Waals surface area (Å²) in [5, 5.41) is 10.7. The van der Waals surface area contributed by atoms with Crippen LogP contribution in [0.3, 0.4) is 0 Å². The fourth-order valence-electron chi connectivity index (χ4n) is 13.2. The van der Waals surface area contributed by atoms with E-state index in [9.17, 15) is 43.2 Å². The molecule has 0 radical (unpaired) electrons. The number of esters is 4. The molecule has 0 aromatic carbocycles. The lowest BCUT2D eigenvalue weighted by atomic mass is 9.99. The molecule has 3 N–H and O–H groups in total. The van der Waals surface area contributed by atoms with Gasteiger partial charge in [0.15, 0.2) is 12.2 Å². The van der Waals surface area contributed by atoms with Gasteiger partial charge >= 0.3 is 39.5 Å². The molecule has 0 saturated heterocycles. The number of rotatable bonds is 84. The fourth-order valence-corrected chi connectivity index (χ4v) is 14.8. The lowest BCUT2D eigenvalue weighted by Crippen LogP contribution is -2.30. The number of aliphatic hydroxyl groups excluding tert-OH is 1. The van der Waals surface area contributed by atoms with E-state index in [1.54, 1.807) is 0 Å². The molecule has 0 aliphatic rings. The molecule has 618 valence electrons. The van der Waals surface area contributed by atoms with E-state index in [2.05, 4.69) is 41.5 Å². The van der Waals surface area contributed by atoms with Crippen LogP contribution in [0.1, 0.15) is 452 Å². The van der Waals surface area contributed by atoms with Crippen molar-refractivity contribution in [3.63, 3.8) is 0 Å². The van der Waals surface area contributed by atoms with Gasteiger partial charge < -0.3 is 33.8 Å². The van der Waals surface area contributed by atoms with Crippen LogP contribution in [0.25, 0.3) is 0 Å². The third kappa shape index (κ3) is 76.8. The van der Waals surface area contributed by atoms with Gasteiger partial charge in [0.1, 0.15) is 19.3 Å². The van der Waals surface area contributed by atoms with Gasteiger partial charge in [0, 0.05) is 25.7 Å². The van der Waals surface area contributed by atoms with Crippen LogP contribution in [0.4, 0.5) is 0 Å². The third-order valence-electron chi connectivity index (χ3n) is 20.3. The fraction of sp³-hybridized carbons (Fsp3) is 0.953. The molecule has 0 aromatic heterocycles. The summed E-state index contributed by atoms with van der Waals surface area (Å²) < 4.78 is 68.8. The molecule has 0 spiro atoms. The van der Waals surface area contributed by atoms with Crippen molar-refractivity contribution in [3.05, 3.63) is 0 Å². The van der Waals surface area contributed by atoms with E-state index in [1.165, 1.54) is 270 Å². The normalized spacial score (nSPS) is 14.1. The Morgan fingerprint density at radius 1 is 0.279 bits per heavy atom. The summed E-state index contributed by atoms with van der Waals surface area (Å²) in [7, 11) is -9.92. The molecule has 0 saturated carbocycles. The number of aliphatic hydroxyl groups is 1. The zero-order valence-corrected chi connectivity index (χ0v) is 70.1. The van der Waals surface area contributed by atoms with Gasteiger partial charge in [-0.2, -0.15) is 0 Å². The summed E-state index contributed by atoms with van der Waals surface area (Å²) in [6.07, 6.45) is 67.9. The Balaban J connectivity index is 5.22. The van der Waals surface area contributed by atoms with Crippen molar-refractivity contribution in [2.24, 2.45) is 11.8 Å². The lowest BCUT2D eigenvalue weighted by molar-refractivity contribution is -0.161. The van der Waals surface area contributed by atoms with Crippen LogP contribution in [0.5, 0.6) is 0 Å². The van der Waals surface area contributed by atoms with Gasteiger partial charge in [0.25, 0.3) is 0 Å². The largest absolute Gasteiger partial charge is 0.472 e. The molecule has 0 fully saturated rings. The molecule has 0 aliphatic heterocycles. The summed E-state index contributed by atoms with van der Waals surface area (Å²) in [5.74, 6) is -0.432. The first-order chi connectivity index (χ1) is 50.4. The summed E-state index contributed by atoms with van der Waals surface area (Å²) >= 11 is 0. The number of carbonyl (C=O) groups is 4. The predicted octanol–water partition coefficient (Wildman–Crippen LogP) is 25.8. The Labute approximate surface area is 638 Å². The minimum atomic E-state index is -4.96. The second-order valence-electron chi connectivity index (χ2n) is 31.3. The van der Waals surface area contributed by atoms with Crippen LogP contribution in [0.15, 0.2) is 0 Å². The first kappa shape index (κ1) is 102. The molecule has 3 unspecified atom stereocenters. The van der Waals surface area contributed by atoms with Gasteiger partial charge in [0.05, 0.1) is 26.4 Å². The van der Waals surface area contributed by atoms with Crippen molar-refractivity contribution in [2.75, 3.05) is 39.6 Å². The van der Waals surface area contributed by atoms with Crippen LogP contribution < -0.4 is 0 Å². The molecule has 0 heterocycles. The number of carbonyl (C=O) groups excluding carboxylic acids is 4. The highest BCUT2D eigenvalue weighted by Gasteiger charge is 2.30. The van der Waals surface area contributed by atoms with Gasteiger partial charge in [-0.05, 0) is 37.5 Å². The highest BCUT2D eigenvalue weighted by molar-refractivity contribution is 7.47. The predicted molar refractivity (Wildman–Crippen MR) is 428 cm³/mol. The summed E-state index contributed by atoms with van der Waals surface area (Å²) in [6.45, 7) is 9.75. The molecule has 0 amide bonds. The Morgan fingerprint density at radius 3 is 0.731 bits per heavy atom. The molecule has 0 rings (SSSR count). The SMILES string of the molecule is CCCCCCCCCCCCCCCCCC(=O)O[C@H](COC(=O)CCCCCCCCCCCC)COP(=O)(O)OC[C@H](O)COP(=O)(O)OC[C@@H](COC(=O)CCCCCCCCCCCCCCCCC(C)C)OC(=O)CCCCCCCCCCCCCCCCCCCCC(C)CC. The van der Waals surface area contributed by atoms with Gasteiger partial charge in [-0.1, -0.05) is 401 Å². The van der Waals surface area contributed by atoms with E-state index in [1.807, 2.05) is 0 Å². The van der Waals surface area contributed by atoms with Crippen LogP contribution in [0.2, 0.25) is 0 Å². The number of hydrogen-bond donors (Lipinski definition) is 3. The minimum absolute atomic E-state index is 0.108. The number of phosphoric ester groups is 2. The van der Waals surface area contributed by atoms with Gasteiger partial charge in [0.2, 0.25) is 0 Å². The van der Waals surface area contributed by atoms with E-state index in [0.29, 0.717) is 25.7 Å². The summed E-state index contributed by atoms with van der Waals surface area (Å²) in [4.78, 5) is 73.1. The van der Waals surface area contributed by atoms with E-state index in [-0.39, 0.29) is 25.7 Å². The van der Waals surface area contributed by atoms with E-state index in [4.69, 9.17) is 37.0 Å². The van der Waals surface area contributed by atoms with Crippen molar-refractivity contribution in [1.82, 2.24) is 0 Å². The topological polar surface area (TPSA) is 237 Å². The summed E-state index contributed by atoms with van der Waals surface area (Å²) in [6, 6.07) is 0. The van der Waals surface area contributed by atoms with Crippen LogP contribution in [0, 0.1) is 11.8 Å². The second-order valence-corrected chi connectivity index (χ2v) is 34.2. The Morgan fingerprint density at radius 2 is 0.490 bits per heavy atom. The third-order valence-corrected chi connectivity index (χ3v) is 22.2. The number of unbranched alkanes of at least 4 members (excludes halogenated alkanes) is 53. The second kappa shape index (κ2) is 76.4. The molecular formula is C85H166O17P2. The molecule has 19 heteroatoms. The monoisotopic (exact) mass is 1520 g/mol. The Kier molecular flexibility index (Phi) is 75.0. The standard InChI is InChI=1S/C85H166O17P2/c1-7-10-12-14-16-18-20-21-26-34-39-45-51-57-63-69-84(89)101-80(73-95-82(87)67-61-55-49-43-19-17-15-13-11-8-2)75-99-103(91,92)97-71-79(86)72-98-104(93,94)100-76-81(74-96-83(88)68-62-56-50-44-38-33-30-29-31-36-41-47-53-59-65-77(4)5)102-85(90)70-64-58-52-46-40-35-28-25-23-22-24-27-32-37-42-48-54-60-66-78(6)9-3/h77-81,86H,7-76H2,1-6H3,(H,91,92)(H,93,94)/t78?,79-,80+,81+/m0/s1. The smallest absolute Gasteiger partial charge is 0.462 e. The van der Waals surface area contributed by atoms with E-state index in [0.717, 1.165) is 102 Å². The Hall–Kier alpha value is -1.94. The van der Waals surface area contributed by atoms with E-state index < -0.39 is 97.5 Å². The number of hydrogen-bond acceptors (Lipinski definition) is 15. The maximum atomic E-state index is 13.1. The molecule has 104 heavy (non-hydrogen) atoms. The zero-order valence-electron chi connectivity index (χ0n) is 68.3. The van der Waals surface area contributed by atoms with Gasteiger partial charge in [-0.15, -0.1) is 0 Å². The average molecular weight is 1520 g/mol. The lowest BCUT2D eigenvalue weighted by Gasteiger charge is -2.21. The Bertz CT molecular complexity index is 2000. The van der Waals surface area contributed by atoms with Crippen LogP contribution in [-0.4, -0.2) is 96.7 Å². The van der Waals surface area contributed by atoms with E-state index >= 15 is 0 Å². The average Bonchev–Trinajstić information content (AvgIpc) is 0.913. The van der Waals surface area contributed by atoms with Crippen LogP contribution >= 0.6 is 15.6 Å². The van der Waals surface area contributed by atoms with Gasteiger partial charge in [-0.25, -0.2) is 9.13 Å². The van der Waals surface area contributed by atoms with Crippen molar-refractivity contribution in [2.45, 2.75) is 471 Å². The van der Waals surface area contributed by atoms with Crippen LogP contribution in [-0.2, 0) is 65.4 Å². The maximum Gasteiger partial charge on any atom is 0.472 e. The first-order valence-corrected chi connectivity index (χ1v) is 47.0. The first-order valence-electron chi connectivity index (χ1n) is 44.0. The zero-order chi connectivity index (χ0) is 76.4. The van der Waals surface area contributed by atoms with Gasteiger partial charge in [-0.3, -0.25) is 37.3 Å². The minimum Gasteiger partial charge on any atom is -0.462 e. The van der Waals surface area contributed by atoms with Crippen molar-refractivity contribution >= 4 is 39.5 Å². The summed E-state index contributed by atoms with van der Waals surface area (Å²) in [5.41, 5.74) is 0. The molecule has 0 aliphatic carbocycles. The molecular weight excluding hydrogens is 1350 g/mol. The highest BCUT2D eigenvalue weighted by atomic mass is 31.2. The maximum absolute atomic E-state index is 13.1. The number of phosphoric acid groups is 2. The van der Waals surface area contributed by atoms with Crippen molar-refractivity contribution in [3.8, 4) is 0 Å². The highest BCUT2D eigenvalue weighted by Crippen LogP contribution is 2.45.